The first-order valence-corrected chi connectivity index (χ1v) is 14.6. The van der Waals surface area contributed by atoms with Crippen LogP contribution in [0.25, 0.3) is 0 Å². The van der Waals surface area contributed by atoms with E-state index < -0.39 is 12.2 Å². The number of aliphatic hydroxyl groups excluding tert-OH is 1. The number of benzene rings is 2. The molecule has 2 aromatic rings. The highest BCUT2D eigenvalue weighted by Crippen LogP contribution is 2.38. The van der Waals surface area contributed by atoms with Gasteiger partial charge < -0.3 is 24.8 Å². The lowest BCUT2D eigenvalue weighted by atomic mass is 9.99. The highest BCUT2D eigenvalue weighted by atomic mass is 16.7. The summed E-state index contributed by atoms with van der Waals surface area (Å²) < 4.78 is 13.0. The van der Waals surface area contributed by atoms with Crippen LogP contribution < -0.4 is 10.8 Å². The molecule has 0 saturated carbocycles. The van der Waals surface area contributed by atoms with E-state index in [-0.39, 0.29) is 37.6 Å². The van der Waals surface area contributed by atoms with Crippen LogP contribution in [0.5, 0.6) is 0 Å². The molecule has 2 saturated heterocycles. The number of nitrogens with one attached hydrogen (secondary N) is 2. The molecule has 0 aliphatic carbocycles. The lowest BCUT2D eigenvalue weighted by Gasteiger charge is -2.39. The van der Waals surface area contributed by atoms with Crippen molar-refractivity contribution < 1.29 is 29.4 Å². The summed E-state index contributed by atoms with van der Waals surface area (Å²) >= 11 is 0. The van der Waals surface area contributed by atoms with Crippen LogP contribution in [0.2, 0.25) is 0 Å². The minimum absolute atomic E-state index is 0.00457. The van der Waals surface area contributed by atoms with Crippen LogP contribution in [0.3, 0.4) is 0 Å². The number of likely N-dealkylation sites (tertiary alicyclic amines) is 1. The maximum Gasteiger partial charge on any atom is 0.243 e. The fourth-order valence-electron chi connectivity index (χ4n) is 5.43. The molecule has 2 aliphatic heterocycles. The Morgan fingerprint density at radius 2 is 1.57 bits per heavy atom. The van der Waals surface area contributed by atoms with E-state index in [2.05, 4.69) is 10.2 Å². The number of anilines is 1. The number of hydroxylamine groups is 1. The molecule has 218 valence electrons. The van der Waals surface area contributed by atoms with E-state index in [1.165, 1.54) is 32.1 Å². The fourth-order valence-corrected chi connectivity index (χ4v) is 5.43. The van der Waals surface area contributed by atoms with E-state index in [0.717, 1.165) is 42.7 Å². The van der Waals surface area contributed by atoms with Crippen molar-refractivity contribution >= 4 is 17.5 Å². The van der Waals surface area contributed by atoms with Gasteiger partial charge in [-0.3, -0.25) is 14.8 Å². The molecule has 0 spiro atoms. The molecule has 2 aliphatic rings. The number of amides is 2. The second kappa shape index (κ2) is 15.8. The standard InChI is InChI=1S/C31H43N3O6/c35-22-23-13-15-24(16-14-23)28-20-27(21-34-17-6-2-1-3-7-18-34)39-31(40-28)25-9-8-10-26(19-25)32-29(36)11-4-5-12-30(37)33-38/h8-10,13-16,19,27-28,31,35,38H,1-7,11-12,17-18,20-22H2,(H,32,36)(H,33,37)/t27-,28+,31+/m1/s1. The van der Waals surface area contributed by atoms with E-state index in [4.69, 9.17) is 14.7 Å². The third-order valence-electron chi connectivity index (χ3n) is 7.65. The van der Waals surface area contributed by atoms with Gasteiger partial charge in [0.15, 0.2) is 6.29 Å². The monoisotopic (exact) mass is 553 g/mol. The molecule has 0 unspecified atom stereocenters. The number of carbonyl (C=O) groups is 2. The number of nitrogens with zero attached hydrogens (tertiary/aromatic N) is 1. The zero-order valence-electron chi connectivity index (χ0n) is 23.2. The van der Waals surface area contributed by atoms with Crippen molar-refractivity contribution in [2.24, 2.45) is 0 Å². The molecule has 2 aromatic carbocycles. The van der Waals surface area contributed by atoms with Crippen LogP contribution in [0.15, 0.2) is 48.5 Å². The van der Waals surface area contributed by atoms with Crippen LogP contribution in [-0.2, 0) is 25.7 Å². The summed E-state index contributed by atoms with van der Waals surface area (Å²) in [6.45, 7) is 3.04. The molecule has 2 heterocycles. The molecule has 3 atom stereocenters. The Bertz CT molecular complexity index is 1070. The molecule has 0 radical (unpaired) electrons. The van der Waals surface area contributed by atoms with Crippen molar-refractivity contribution in [2.75, 3.05) is 25.0 Å². The summed E-state index contributed by atoms with van der Waals surface area (Å²) in [6.07, 6.45) is 7.85. The van der Waals surface area contributed by atoms with Gasteiger partial charge in [0.1, 0.15) is 0 Å². The van der Waals surface area contributed by atoms with Gasteiger partial charge in [0.25, 0.3) is 0 Å². The minimum Gasteiger partial charge on any atom is -0.392 e. The van der Waals surface area contributed by atoms with Crippen molar-refractivity contribution in [3.63, 3.8) is 0 Å². The second-order valence-electron chi connectivity index (χ2n) is 10.8. The van der Waals surface area contributed by atoms with Crippen molar-refractivity contribution in [2.45, 2.75) is 89.3 Å². The molecule has 0 aromatic heterocycles. The first kappa shape index (κ1) is 30.1. The lowest BCUT2D eigenvalue weighted by molar-refractivity contribution is -0.253. The summed E-state index contributed by atoms with van der Waals surface area (Å²) in [7, 11) is 0. The smallest absolute Gasteiger partial charge is 0.243 e. The average molecular weight is 554 g/mol. The van der Waals surface area contributed by atoms with Crippen LogP contribution in [0, 0.1) is 0 Å². The van der Waals surface area contributed by atoms with Gasteiger partial charge in [-0.2, -0.15) is 0 Å². The van der Waals surface area contributed by atoms with Crippen LogP contribution in [-0.4, -0.2) is 52.8 Å². The van der Waals surface area contributed by atoms with Gasteiger partial charge >= 0.3 is 0 Å². The summed E-state index contributed by atoms with van der Waals surface area (Å²) in [4.78, 5) is 26.2. The van der Waals surface area contributed by atoms with Crippen LogP contribution in [0.1, 0.15) is 93.3 Å². The number of ether oxygens (including phenoxy) is 2. The Morgan fingerprint density at radius 1 is 0.875 bits per heavy atom. The summed E-state index contributed by atoms with van der Waals surface area (Å²) in [5.74, 6) is -0.586. The van der Waals surface area contributed by atoms with E-state index >= 15 is 0 Å². The number of hydrogen-bond acceptors (Lipinski definition) is 7. The highest BCUT2D eigenvalue weighted by Gasteiger charge is 2.33. The van der Waals surface area contributed by atoms with Gasteiger partial charge in [-0.15, -0.1) is 0 Å². The predicted octanol–water partition coefficient (Wildman–Crippen LogP) is 4.99. The Labute approximate surface area is 236 Å². The maximum atomic E-state index is 12.5. The molecule has 2 fully saturated rings. The average Bonchev–Trinajstić information content (AvgIpc) is 2.96. The van der Waals surface area contributed by atoms with Gasteiger partial charge in [-0.1, -0.05) is 55.7 Å². The second-order valence-corrected chi connectivity index (χ2v) is 10.8. The quantitative estimate of drug-likeness (QED) is 0.176. The molecular formula is C31H43N3O6. The number of aliphatic hydroxyl groups is 1. The fraction of sp³-hybridized carbons (Fsp3) is 0.548. The summed E-state index contributed by atoms with van der Waals surface area (Å²) in [5, 5.41) is 21.0. The Balaban J connectivity index is 1.43. The van der Waals surface area contributed by atoms with Gasteiger partial charge in [-0.05, 0) is 62.0 Å². The Kier molecular flexibility index (Phi) is 11.9. The number of carbonyl (C=O) groups excluding carboxylic acids is 2. The number of unbranched alkanes of at least 4 members (excludes halogenated alkanes) is 1. The largest absolute Gasteiger partial charge is 0.392 e. The topological polar surface area (TPSA) is 120 Å². The van der Waals surface area contributed by atoms with Gasteiger partial charge in [0, 0.05) is 37.1 Å². The molecule has 9 nitrogen and oxygen atoms in total. The maximum absolute atomic E-state index is 12.5. The first-order valence-electron chi connectivity index (χ1n) is 14.6. The van der Waals surface area contributed by atoms with E-state index in [1.807, 2.05) is 48.5 Å². The predicted molar refractivity (Wildman–Crippen MR) is 151 cm³/mol. The third-order valence-corrected chi connectivity index (χ3v) is 7.65. The number of hydrogen-bond donors (Lipinski definition) is 4. The normalized spacial score (nSPS) is 22.2. The van der Waals surface area contributed by atoms with Crippen LogP contribution in [0.4, 0.5) is 5.69 Å². The summed E-state index contributed by atoms with van der Waals surface area (Å²) in [5.41, 5.74) is 5.03. The number of rotatable bonds is 11. The molecular weight excluding hydrogens is 510 g/mol. The first-order chi connectivity index (χ1) is 19.5. The van der Waals surface area contributed by atoms with Gasteiger partial charge in [-0.25, -0.2) is 5.48 Å². The Hall–Kier alpha value is -2.82. The van der Waals surface area contributed by atoms with Crippen LogP contribution >= 0.6 is 0 Å². The van der Waals surface area contributed by atoms with E-state index in [1.54, 1.807) is 5.48 Å². The molecule has 4 rings (SSSR count). The third kappa shape index (κ3) is 9.38. The molecule has 0 bridgehead atoms. The van der Waals surface area contributed by atoms with Crippen molar-refractivity contribution in [3.8, 4) is 0 Å². The van der Waals surface area contributed by atoms with Crippen molar-refractivity contribution in [1.29, 1.82) is 0 Å². The minimum atomic E-state index is -0.579. The van der Waals surface area contributed by atoms with Gasteiger partial charge in [0.2, 0.25) is 11.8 Å². The van der Waals surface area contributed by atoms with E-state index in [0.29, 0.717) is 18.5 Å². The highest BCUT2D eigenvalue weighted by molar-refractivity contribution is 5.90. The molecule has 4 N–H and O–H groups in total. The van der Waals surface area contributed by atoms with Gasteiger partial charge in [0.05, 0.1) is 18.8 Å². The van der Waals surface area contributed by atoms with Crippen molar-refractivity contribution in [1.82, 2.24) is 10.4 Å². The van der Waals surface area contributed by atoms with E-state index in [9.17, 15) is 14.7 Å². The van der Waals surface area contributed by atoms with Crippen molar-refractivity contribution in [3.05, 3.63) is 65.2 Å². The SMILES string of the molecule is O=C(CCCCC(=O)Nc1cccc([C@H]2O[C@@H](CN3CCCCCCC3)C[C@@H](c3ccc(CO)cc3)O2)c1)NO. The zero-order valence-corrected chi connectivity index (χ0v) is 23.2. The molecule has 9 heteroatoms. The summed E-state index contributed by atoms with van der Waals surface area (Å²) in [6, 6.07) is 15.5. The lowest BCUT2D eigenvalue weighted by Crippen LogP contribution is -2.40. The zero-order chi connectivity index (χ0) is 28.2. The Morgan fingerprint density at radius 3 is 2.27 bits per heavy atom. The molecule has 2 amide bonds. The molecule has 40 heavy (non-hydrogen) atoms.